The summed E-state index contributed by atoms with van der Waals surface area (Å²) in [6, 6.07) is 14.2. The zero-order valence-electron chi connectivity index (χ0n) is 19.2. The summed E-state index contributed by atoms with van der Waals surface area (Å²) in [6.45, 7) is 6.06. The second kappa shape index (κ2) is 11.0. The fraction of sp³-hybridized carbons (Fsp3) is 0.360. The van der Waals surface area contributed by atoms with Crippen molar-refractivity contribution >= 4 is 17.6 Å². The Labute approximate surface area is 198 Å². The van der Waals surface area contributed by atoms with Crippen LogP contribution in [0, 0.1) is 0 Å². The fourth-order valence-electron chi connectivity index (χ4n) is 3.81. The summed E-state index contributed by atoms with van der Waals surface area (Å²) < 4.78 is 11.8. The number of carbonyl (C=O) groups is 2. The SMILES string of the molecule is CC1(C)Oc2cc3c(cc2C(NCCc2ccccc2)C1O)NCCO3.O=C(O)/C=C\C(=O)O. The third-order valence-corrected chi connectivity index (χ3v) is 5.51. The Bertz CT molecular complexity index is 1020. The Morgan fingerprint density at radius 2 is 1.79 bits per heavy atom. The molecule has 0 radical (unpaired) electrons. The number of benzene rings is 2. The smallest absolute Gasteiger partial charge is 0.328 e. The molecule has 0 fully saturated rings. The lowest BCUT2D eigenvalue weighted by Crippen LogP contribution is -2.52. The Morgan fingerprint density at radius 3 is 2.44 bits per heavy atom. The number of aliphatic hydroxyl groups is 1. The second-order valence-corrected chi connectivity index (χ2v) is 8.49. The average Bonchev–Trinajstić information content (AvgIpc) is 2.80. The molecule has 2 aliphatic rings. The number of anilines is 1. The monoisotopic (exact) mass is 470 g/mol. The van der Waals surface area contributed by atoms with Gasteiger partial charge >= 0.3 is 11.9 Å². The lowest BCUT2D eigenvalue weighted by atomic mass is 9.86. The highest BCUT2D eigenvalue weighted by atomic mass is 16.5. The predicted molar refractivity (Wildman–Crippen MR) is 126 cm³/mol. The van der Waals surface area contributed by atoms with Gasteiger partial charge in [-0.15, -0.1) is 0 Å². The number of aliphatic carboxylic acids is 2. The topological polar surface area (TPSA) is 137 Å². The van der Waals surface area contributed by atoms with E-state index in [1.54, 1.807) is 0 Å². The molecule has 2 aliphatic heterocycles. The van der Waals surface area contributed by atoms with E-state index < -0.39 is 23.6 Å². The zero-order valence-corrected chi connectivity index (χ0v) is 19.2. The van der Waals surface area contributed by atoms with Crippen molar-refractivity contribution in [2.75, 3.05) is 25.0 Å². The number of aliphatic hydroxyl groups excluding tert-OH is 1. The van der Waals surface area contributed by atoms with E-state index in [9.17, 15) is 14.7 Å². The van der Waals surface area contributed by atoms with Crippen molar-refractivity contribution < 1.29 is 34.4 Å². The molecule has 0 saturated carbocycles. The molecule has 2 aromatic rings. The number of rotatable bonds is 6. The van der Waals surface area contributed by atoms with Gasteiger partial charge in [0.05, 0.1) is 11.7 Å². The van der Waals surface area contributed by atoms with Gasteiger partial charge in [0.2, 0.25) is 0 Å². The highest BCUT2D eigenvalue weighted by molar-refractivity contribution is 5.89. The van der Waals surface area contributed by atoms with Gasteiger partial charge in [-0.1, -0.05) is 30.3 Å². The summed E-state index contributed by atoms with van der Waals surface area (Å²) in [5, 5.41) is 33.4. The van der Waals surface area contributed by atoms with Crippen molar-refractivity contribution in [1.82, 2.24) is 5.32 Å². The Morgan fingerprint density at radius 1 is 1.12 bits per heavy atom. The predicted octanol–water partition coefficient (Wildman–Crippen LogP) is 2.61. The van der Waals surface area contributed by atoms with Crippen LogP contribution in [0.5, 0.6) is 11.5 Å². The van der Waals surface area contributed by atoms with Gasteiger partial charge < -0.3 is 35.4 Å². The summed E-state index contributed by atoms with van der Waals surface area (Å²) in [7, 11) is 0. The molecule has 0 saturated heterocycles. The van der Waals surface area contributed by atoms with Crippen LogP contribution < -0.4 is 20.1 Å². The van der Waals surface area contributed by atoms with E-state index in [1.807, 2.05) is 32.0 Å². The number of carboxylic acid groups (broad SMARTS) is 2. The van der Waals surface area contributed by atoms with Crippen LogP contribution in [0.15, 0.2) is 54.6 Å². The fourth-order valence-corrected chi connectivity index (χ4v) is 3.81. The molecule has 4 rings (SSSR count). The molecular weight excluding hydrogens is 440 g/mol. The number of carboxylic acids is 2. The first-order valence-corrected chi connectivity index (χ1v) is 11.0. The van der Waals surface area contributed by atoms with Crippen molar-refractivity contribution in [2.45, 2.75) is 38.0 Å². The van der Waals surface area contributed by atoms with E-state index >= 15 is 0 Å². The van der Waals surface area contributed by atoms with E-state index in [4.69, 9.17) is 19.7 Å². The molecule has 2 aromatic carbocycles. The quantitative estimate of drug-likeness (QED) is 0.403. The van der Waals surface area contributed by atoms with E-state index in [2.05, 4.69) is 34.9 Å². The Kier molecular flexibility index (Phi) is 8.14. The summed E-state index contributed by atoms with van der Waals surface area (Å²) in [4.78, 5) is 19.1. The van der Waals surface area contributed by atoms with Crippen molar-refractivity contribution in [3.63, 3.8) is 0 Å². The van der Waals surface area contributed by atoms with E-state index in [1.165, 1.54) is 5.56 Å². The standard InChI is InChI=1S/C21H26N2O3.C4H4O4/c1-21(2)20(24)19(23-9-8-14-6-4-3-5-7-14)15-12-16-18(13-17(15)26-21)25-11-10-22-16;5-3(6)1-2-4(7)8/h3-7,12-13,19-20,22-24H,8-11H2,1-2H3;1-2H,(H,5,6)(H,7,8)/b;2-1-. The molecule has 0 spiro atoms. The van der Waals surface area contributed by atoms with Gasteiger partial charge in [-0.3, -0.25) is 0 Å². The normalized spacial score (nSPS) is 19.9. The highest BCUT2D eigenvalue weighted by Crippen LogP contribution is 2.45. The minimum Gasteiger partial charge on any atom is -0.489 e. The van der Waals surface area contributed by atoms with E-state index in [0.29, 0.717) is 18.8 Å². The third kappa shape index (κ3) is 6.49. The first-order chi connectivity index (χ1) is 16.2. The molecule has 2 atom stereocenters. The molecule has 5 N–H and O–H groups in total. The molecule has 2 unspecified atom stereocenters. The summed E-state index contributed by atoms with van der Waals surface area (Å²) >= 11 is 0. The maximum Gasteiger partial charge on any atom is 0.328 e. The first kappa shape index (κ1) is 25.1. The van der Waals surface area contributed by atoms with Gasteiger partial charge in [-0.2, -0.15) is 0 Å². The van der Waals surface area contributed by atoms with Crippen molar-refractivity contribution in [1.29, 1.82) is 0 Å². The molecule has 0 amide bonds. The van der Waals surface area contributed by atoms with Gasteiger partial charge in [-0.05, 0) is 38.4 Å². The van der Waals surface area contributed by atoms with Crippen LogP contribution in [-0.4, -0.2) is 58.7 Å². The van der Waals surface area contributed by atoms with E-state index in [-0.39, 0.29) is 6.04 Å². The van der Waals surface area contributed by atoms with Crippen molar-refractivity contribution in [2.24, 2.45) is 0 Å². The van der Waals surface area contributed by atoms with Crippen LogP contribution in [0.4, 0.5) is 5.69 Å². The highest BCUT2D eigenvalue weighted by Gasteiger charge is 2.43. The van der Waals surface area contributed by atoms with Gasteiger partial charge in [0.15, 0.2) is 0 Å². The molecule has 2 heterocycles. The lowest BCUT2D eigenvalue weighted by Gasteiger charge is -2.43. The zero-order chi connectivity index (χ0) is 24.7. The minimum atomic E-state index is -1.26. The molecule has 34 heavy (non-hydrogen) atoms. The minimum absolute atomic E-state index is 0.188. The van der Waals surface area contributed by atoms with Crippen LogP contribution in [0.2, 0.25) is 0 Å². The van der Waals surface area contributed by atoms with E-state index in [0.717, 1.165) is 42.3 Å². The number of fused-ring (bicyclic) bond motifs is 2. The Hall–Kier alpha value is -3.56. The first-order valence-electron chi connectivity index (χ1n) is 11.0. The molecule has 182 valence electrons. The molecule has 9 heteroatoms. The molecular formula is C25H30N2O7. The molecule has 9 nitrogen and oxygen atoms in total. The molecule has 0 aromatic heterocycles. The van der Waals surface area contributed by atoms with Gasteiger partial charge in [-0.25, -0.2) is 9.59 Å². The van der Waals surface area contributed by atoms with Crippen molar-refractivity contribution in [3.05, 3.63) is 65.7 Å². The largest absolute Gasteiger partial charge is 0.489 e. The lowest BCUT2D eigenvalue weighted by molar-refractivity contribution is -0.134. The van der Waals surface area contributed by atoms with Gasteiger partial charge in [0.1, 0.15) is 29.8 Å². The number of hydrogen-bond donors (Lipinski definition) is 5. The summed E-state index contributed by atoms with van der Waals surface area (Å²) in [5.74, 6) is -0.926. The van der Waals surface area contributed by atoms with Gasteiger partial charge in [0.25, 0.3) is 0 Å². The third-order valence-electron chi connectivity index (χ3n) is 5.51. The van der Waals surface area contributed by atoms with Crippen LogP contribution in [0.25, 0.3) is 0 Å². The molecule has 0 bridgehead atoms. The van der Waals surface area contributed by atoms with Gasteiger partial charge in [0, 0.05) is 30.3 Å². The number of ether oxygens (including phenoxy) is 2. The van der Waals surface area contributed by atoms with Crippen LogP contribution >= 0.6 is 0 Å². The van der Waals surface area contributed by atoms with Crippen molar-refractivity contribution in [3.8, 4) is 11.5 Å². The van der Waals surface area contributed by atoms with Crippen LogP contribution in [-0.2, 0) is 16.0 Å². The van der Waals surface area contributed by atoms with Crippen LogP contribution in [0.3, 0.4) is 0 Å². The van der Waals surface area contributed by atoms with Crippen LogP contribution in [0.1, 0.15) is 31.0 Å². The molecule has 0 aliphatic carbocycles. The average molecular weight is 471 g/mol. The second-order valence-electron chi connectivity index (χ2n) is 8.49. The Balaban J connectivity index is 0.000000350. The summed E-state index contributed by atoms with van der Waals surface area (Å²) in [6.07, 6.45) is 1.38. The number of nitrogens with one attached hydrogen (secondary N) is 2. The maximum absolute atomic E-state index is 10.9. The summed E-state index contributed by atoms with van der Waals surface area (Å²) in [5.41, 5.74) is 2.54. The maximum atomic E-state index is 10.9. The number of hydrogen-bond acceptors (Lipinski definition) is 7.